The summed E-state index contributed by atoms with van der Waals surface area (Å²) in [5, 5.41) is 13.5. The van der Waals surface area contributed by atoms with Crippen LogP contribution >= 0.6 is 15.9 Å². The van der Waals surface area contributed by atoms with E-state index in [4.69, 9.17) is 0 Å². The van der Waals surface area contributed by atoms with Crippen LogP contribution in [-0.4, -0.2) is 26.2 Å². The summed E-state index contributed by atoms with van der Waals surface area (Å²) in [6, 6.07) is 11.9. The zero-order valence-corrected chi connectivity index (χ0v) is 18.0. The van der Waals surface area contributed by atoms with Crippen molar-refractivity contribution in [1.29, 1.82) is 0 Å². The Morgan fingerprint density at radius 1 is 1.06 bits per heavy atom. The fraction of sp³-hybridized carbons (Fsp3) is 0.130. The van der Waals surface area contributed by atoms with Crippen molar-refractivity contribution in [3.63, 3.8) is 0 Å². The number of halogens is 3. The normalized spacial score (nSPS) is 10.9. The zero-order chi connectivity index (χ0) is 21.8. The van der Waals surface area contributed by atoms with E-state index in [1.54, 1.807) is 36.8 Å². The number of anilines is 1. The maximum absolute atomic E-state index is 14.5. The molecule has 0 saturated carbocycles. The Morgan fingerprint density at radius 3 is 2.61 bits per heavy atom. The molecule has 0 unspecified atom stereocenters. The fourth-order valence-electron chi connectivity index (χ4n) is 3.29. The second-order valence-electron chi connectivity index (χ2n) is 6.97. The van der Waals surface area contributed by atoms with Crippen molar-refractivity contribution in [2.45, 2.75) is 13.0 Å². The van der Waals surface area contributed by atoms with Crippen molar-refractivity contribution >= 4 is 21.7 Å². The largest absolute Gasteiger partial charge is 0.507 e. The van der Waals surface area contributed by atoms with Crippen molar-refractivity contribution in [3.8, 4) is 28.1 Å². The van der Waals surface area contributed by atoms with Gasteiger partial charge in [-0.05, 0) is 54.4 Å². The van der Waals surface area contributed by atoms with Gasteiger partial charge in [-0.25, -0.2) is 18.7 Å². The molecule has 0 fully saturated rings. The lowest BCUT2D eigenvalue weighted by atomic mass is 10.0. The lowest BCUT2D eigenvalue weighted by Gasteiger charge is -2.13. The molecule has 0 aliphatic carbocycles. The second-order valence-corrected chi connectivity index (χ2v) is 7.88. The third-order valence-corrected chi connectivity index (χ3v) is 5.26. The first-order valence-corrected chi connectivity index (χ1v) is 10.5. The molecule has 0 atom stereocenters. The summed E-state index contributed by atoms with van der Waals surface area (Å²) in [7, 11) is 0. The van der Waals surface area contributed by atoms with E-state index in [1.807, 2.05) is 10.8 Å². The van der Waals surface area contributed by atoms with Crippen LogP contribution in [-0.2, 0) is 6.54 Å². The molecule has 0 spiro atoms. The maximum Gasteiger partial charge on any atom is 0.133 e. The molecule has 2 N–H and O–H groups in total. The molecule has 2 aromatic heterocycles. The molecule has 8 heteroatoms. The van der Waals surface area contributed by atoms with Gasteiger partial charge in [0.25, 0.3) is 0 Å². The number of imidazole rings is 1. The van der Waals surface area contributed by atoms with Crippen molar-refractivity contribution in [3.05, 3.63) is 83.4 Å². The molecule has 158 valence electrons. The van der Waals surface area contributed by atoms with Crippen molar-refractivity contribution in [2.24, 2.45) is 0 Å². The first-order chi connectivity index (χ1) is 15.0. The molecule has 0 aliphatic rings. The summed E-state index contributed by atoms with van der Waals surface area (Å²) in [6.07, 6.45) is 6.15. The summed E-state index contributed by atoms with van der Waals surface area (Å²) in [5.41, 5.74) is 1.05. The third-order valence-electron chi connectivity index (χ3n) is 4.77. The van der Waals surface area contributed by atoms with E-state index >= 15 is 0 Å². The molecule has 4 aromatic rings. The van der Waals surface area contributed by atoms with Crippen LogP contribution in [0.5, 0.6) is 5.75 Å². The molecular weight excluding hydrogens is 466 g/mol. The minimum Gasteiger partial charge on any atom is -0.507 e. The van der Waals surface area contributed by atoms with Crippen molar-refractivity contribution in [1.82, 2.24) is 14.5 Å². The predicted octanol–water partition coefficient (Wildman–Crippen LogP) is 5.86. The fourth-order valence-corrected chi connectivity index (χ4v) is 3.65. The smallest absolute Gasteiger partial charge is 0.133 e. The van der Waals surface area contributed by atoms with Crippen LogP contribution in [0.3, 0.4) is 0 Å². The number of pyridine rings is 1. The Labute approximate surface area is 186 Å². The monoisotopic (exact) mass is 484 g/mol. The molecule has 0 aliphatic heterocycles. The molecule has 4 rings (SSSR count). The average molecular weight is 485 g/mol. The molecule has 0 amide bonds. The standard InChI is InChI=1S/C23H19BrF2N4O/c24-16-5-6-21(31)17(13-16)20-11-15(23-18(25)3-1-4-19(23)26)12-22(29-20)28-7-2-9-30-10-8-27-14-30/h1,3-6,8,10-14,31H,2,7,9H2,(H,28,29). The number of rotatable bonds is 7. The second kappa shape index (κ2) is 9.26. The Balaban J connectivity index is 1.69. The summed E-state index contributed by atoms with van der Waals surface area (Å²) >= 11 is 3.39. The van der Waals surface area contributed by atoms with E-state index in [-0.39, 0.29) is 11.3 Å². The van der Waals surface area contributed by atoms with Crippen LogP contribution in [0, 0.1) is 11.6 Å². The number of aromatic nitrogens is 3. The first kappa shape index (κ1) is 21.0. The number of hydrogen-bond acceptors (Lipinski definition) is 4. The summed E-state index contributed by atoms with van der Waals surface area (Å²) < 4.78 is 31.6. The minimum absolute atomic E-state index is 0.0212. The minimum atomic E-state index is -0.665. The molecule has 0 bridgehead atoms. The van der Waals surface area contributed by atoms with Gasteiger partial charge in [0, 0.05) is 35.5 Å². The SMILES string of the molecule is Oc1ccc(Br)cc1-c1cc(-c2c(F)cccc2F)cc(NCCCn2ccnc2)n1. The third kappa shape index (κ3) is 4.91. The van der Waals surface area contributed by atoms with Gasteiger partial charge in [-0.15, -0.1) is 0 Å². The Bertz CT molecular complexity index is 1180. The van der Waals surface area contributed by atoms with Crippen LogP contribution in [0.1, 0.15) is 6.42 Å². The molecule has 5 nitrogen and oxygen atoms in total. The molecule has 0 radical (unpaired) electrons. The van der Waals surface area contributed by atoms with Gasteiger partial charge in [0.1, 0.15) is 23.2 Å². The topological polar surface area (TPSA) is 63.0 Å². The molecule has 31 heavy (non-hydrogen) atoms. The zero-order valence-electron chi connectivity index (χ0n) is 16.4. The molecule has 0 saturated heterocycles. The van der Waals surface area contributed by atoms with Crippen LogP contribution in [0.2, 0.25) is 0 Å². The van der Waals surface area contributed by atoms with E-state index in [9.17, 15) is 13.9 Å². The predicted molar refractivity (Wildman–Crippen MR) is 120 cm³/mol. The van der Waals surface area contributed by atoms with Gasteiger partial charge in [-0.3, -0.25) is 0 Å². The van der Waals surface area contributed by atoms with Crippen LogP contribution in [0.25, 0.3) is 22.4 Å². The Hall–Kier alpha value is -3.26. The molecule has 2 heterocycles. The Kier molecular flexibility index (Phi) is 6.27. The highest BCUT2D eigenvalue weighted by atomic mass is 79.9. The quantitative estimate of drug-likeness (QED) is 0.322. The van der Waals surface area contributed by atoms with Crippen LogP contribution < -0.4 is 5.32 Å². The average Bonchev–Trinajstić information content (AvgIpc) is 3.26. The lowest BCUT2D eigenvalue weighted by Crippen LogP contribution is -2.07. The van der Waals surface area contributed by atoms with Gasteiger partial charge in [0.15, 0.2) is 0 Å². The van der Waals surface area contributed by atoms with Gasteiger partial charge in [0.2, 0.25) is 0 Å². The Morgan fingerprint density at radius 2 is 1.87 bits per heavy atom. The maximum atomic E-state index is 14.5. The van der Waals surface area contributed by atoms with E-state index in [0.717, 1.165) is 17.4 Å². The summed E-state index contributed by atoms with van der Waals surface area (Å²) in [5.74, 6) is -0.851. The number of phenols is 1. The van der Waals surface area contributed by atoms with E-state index in [1.165, 1.54) is 24.3 Å². The van der Waals surface area contributed by atoms with E-state index in [0.29, 0.717) is 29.2 Å². The number of aromatic hydroxyl groups is 1. The number of hydrogen-bond donors (Lipinski definition) is 2. The highest BCUT2D eigenvalue weighted by Crippen LogP contribution is 2.35. The first-order valence-electron chi connectivity index (χ1n) is 9.66. The lowest BCUT2D eigenvalue weighted by molar-refractivity contribution is 0.477. The summed E-state index contributed by atoms with van der Waals surface area (Å²) in [4.78, 5) is 8.58. The van der Waals surface area contributed by atoms with Gasteiger partial charge >= 0.3 is 0 Å². The van der Waals surface area contributed by atoms with Gasteiger partial charge < -0.3 is 15.0 Å². The van der Waals surface area contributed by atoms with E-state index < -0.39 is 11.6 Å². The van der Waals surface area contributed by atoms with E-state index in [2.05, 4.69) is 31.2 Å². The number of benzene rings is 2. The van der Waals surface area contributed by atoms with Gasteiger partial charge in [-0.1, -0.05) is 22.0 Å². The van der Waals surface area contributed by atoms with Crippen molar-refractivity contribution < 1.29 is 13.9 Å². The van der Waals surface area contributed by atoms with Crippen LogP contribution in [0.15, 0.2) is 71.7 Å². The molecular formula is C23H19BrF2N4O. The number of nitrogens with zero attached hydrogens (tertiary/aromatic N) is 3. The number of aryl methyl sites for hydroxylation is 1. The summed E-state index contributed by atoms with van der Waals surface area (Å²) in [6.45, 7) is 1.37. The van der Waals surface area contributed by atoms with Crippen LogP contribution in [0.4, 0.5) is 14.6 Å². The van der Waals surface area contributed by atoms with Crippen molar-refractivity contribution in [2.75, 3.05) is 11.9 Å². The number of phenolic OH excluding ortho intramolecular Hbond substituents is 1. The highest BCUT2D eigenvalue weighted by molar-refractivity contribution is 9.10. The molecule has 2 aromatic carbocycles. The highest BCUT2D eigenvalue weighted by Gasteiger charge is 2.16. The van der Waals surface area contributed by atoms with Gasteiger partial charge in [0.05, 0.1) is 17.6 Å². The number of nitrogens with one attached hydrogen (secondary N) is 1. The van der Waals surface area contributed by atoms with Gasteiger partial charge in [-0.2, -0.15) is 0 Å².